The zero-order valence-electron chi connectivity index (χ0n) is 25.4. The van der Waals surface area contributed by atoms with Crippen LogP contribution in [0.5, 0.6) is 5.75 Å². The van der Waals surface area contributed by atoms with Crippen molar-refractivity contribution >= 4 is 36.0 Å². The van der Waals surface area contributed by atoms with E-state index in [1.54, 1.807) is 0 Å². The highest BCUT2D eigenvalue weighted by Crippen LogP contribution is 2.48. The van der Waals surface area contributed by atoms with E-state index in [9.17, 15) is 9.13 Å². The first kappa shape index (κ1) is 30.8. The second-order valence-electron chi connectivity index (χ2n) is 11.6. The summed E-state index contributed by atoms with van der Waals surface area (Å²) >= 11 is 0. The molecule has 226 valence electrons. The third-order valence-electron chi connectivity index (χ3n) is 8.26. The van der Waals surface area contributed by atoms with Crippen molar-refractivity contribution in [3.63, 3.8) is 0 Å². The number of hydrogen-bond donors (Lipinski definition) is 0. The quantitative estimate of drug-likeness (QED) is 0.145. The largest absolute Gasteiger partial charge is 0.437 e. The minimum Gasteiger partial charge on any atom is -0.437 e. The minimum absolute atomic E-state index is 0.314. The van der Waals surface area contributed by atoms with Crippen molar-refractivity contribution in [2.75, 3.05) is 0 Å². The van der Waals surface area contributed by atoms with Gasteiger partial charge in [-0.2, -0.15) is 0 Å². The van der Waals surface area contributed by atoms with Crippen LogP contribution in [0.2, 0.25) is 0 Å². The molecule has 1 atom stereocenters. The smallest absolute Gasteiger partial charge is 0.306 e. The molecule has 5 aromatic carbocycles. The molecule has 0 fully saturated rings. The Morgan fingerprint density at radius 3 is 1.40 bits per heavy atom. The Morgan fingerprint density at radius 2 is 1.00 bits per heavy atom. The van der Waals surface area contributed by atoms with E-state index in [0.29, 0.717) is 33.4 Å². The number of rotatable bonds is 10. The van der Waals surface area contributed by atoms with E-state index in [1.165, 1.54) is 0 Å². The molecular formula is C39H36O4P2. The van der Waals surface area contributed by atoms with Gasteiger partial charge < -0.3 is 9.05 Å². The monoisotopic (exact) mass is 630 g/mol. The number of hydrogen-bond acceptors (Lipinski definition) is 4. The summed E-state index contributed by atoms with van der Waals surface area (Å²) in [4.78, 5) is 0. The highest BCUT2D eigenvalue weighted by Gasteiger charge is 2.34. The number of benzene rings is 5. The summed E-state index contributed by atoms with van der Waals surface area (Å²) in [6.45, 7) is 4.36. The predicted molar refractivity (Wildman–Crippen MR) is 186 cm³/mol. The lowest BCUT2D eigenvalue weighted by molar-refractivity contribution is 0.261. The molecule has 1 aliphatic carbocycles. The molecule has 0 spiro atoms. The standard InChI is InChI=1S/C39H36O4P2/c1-39(2,31-23-27-33(28-24-31)42-44(40,35-15-7-3-8-16-35)36-17-9-4-10-18-36)32-25-29-34(30-26-32)43-45(41,37-19-11-5-12-20-37)38-21-13-6-14-22-38/h3-29,34H,30H2,1-2H3. The molecule has 5 aromatic rings. The van der Waals surface area contributed by atoms with E-state index in [-0.39, 0.29) is 11.5 Å². The van der Waals surface area contributed by atoms with Crippen LogP contribution in [0.4, 0.5) is 0 Å². The van der Waals surface area contributed by atoms with Crippen LogP contribution < -0.4 is 25.7 Å². The fourth-order valence-corrected chi connectivity index (χ4v) is 9.87. The molecule has 0 aliphatic heterocycles. The van der Waals surface area contributed by atoms with Gasteiger partial charge in [0.2, 0.25) is 0 Å². The van der Waals surface area contributed by atoms with Crippen LogP contribution in [0.3, 0.4) is 0 Å². The van der Waals surface area contributed by atoms with Crippen molar-refractivity contribution < 1.29 is 18.2 Å². The van der Waals surface area contributed by atoms with Gasteiger partial charge in [0.25, 0.3) is 7.37 Å². The first-order chi connectivity index (χ1) is 21.8. The zero-order chi connectivity index (χ0) is 31.3. The van der Waals surface area contributed by atoms with E-state index >= 15 is 0 Å². The molecule has 6 rings (SSSR count). The van der Waals surface area contributed by atoms with Gasteiger partial charge in [-0.3, -0.25) is 9.13 Å². The SMILES string of the molecule is CC(C)(C1=CCC(OP(=O)(c2ccccc2)c2ccccc2)C=C1)c1ccc(OP(=O)(c2ccccc2)c2ccccc2)cc1. The molecule has 0 N–H and O–H groups in total. The van der Waals surface area contributed by atoms with Crippen LogP contribution in [0.25, 0.3) is 0 Å². The maximum Gasteiger partial charge on any atom is 0.306 e. The molecular weight excluding hydrogens is 594 g/mol. The highest BCUT2D eigenvalue weighted by molar-refractivity contribution is 7.75. The highest BCUT2D eigenvalue weighted by atomic mass is 31.2. The molecule has 6 heteroatoms. The van der Waals surface area contributed by atoms with Gasteiger partial charge in [-0.25, -0.2) is 0 Å². The maximum atomic E-state index is 14.4. The molecule has 0 amide bonds. The van der Waals surface area contributed by atoms with E-state index in [2.05, 4.69) is 26.0 Å². The lowest BCUT2D eigenvalue weighted by atomic mass is 9.76. The van der Waals surface area contributed by atoms with E-state index in [0.717, 1.165) is 11.1 Å². The summed E-state index contributed by atoms with van der Waals surface area (Å²) in [5.41, 5.74) is 1.92. The maximum absolute atomic E-state index is 14.4. The number of allylic oxidation sites excluding steroid dienone is 2. The van der Waals surface area contributed by atoms with Crippen LogP contribution in [0.15, 0.2) is 169 Å². The summed E-state index contributed by atoms with van der Waals surface area (Å²) in [5.74, 6) is 0.546. The lowest BCUT2D eigenvalue weighted by Gasteiger charge is -2.31. The Kier molecular flexibility index (Phi) is 8.92. The second kappa shape index (κ2) is 13.0. The Balaban J connectivity index is 1.20. The molecule has 0 radical (unpaired) electrons. The van der Waals surface area contributed by atoms with Crippen molar-refractivity contribution in [3.8, 4) is 5.75 Å². The van der Waals surface area contributed by atoms with Gasteiger partial charge in [0.1, 0.15) is 5.75 Å². The van der Waals surface area contributed by atoms with Crippen LogP contribution in [-0.2, 0) is 19.1 Å². The van der Waals surface area contributed by atoms with Gasteiger partial charge in [-0.1, -0.05) is 117 Å². The first-order valence-corrected chi connectivity index (χ1v) is 18.3. The van der Waals surface area contributed by atoms with Gasteiger partial charge in [0.05, 0.1) is 16.7 Å². The molecule has 4 nitrogen and oxygen atoms in total. The third kappa shape index (κ3) is 6.46. The molecule has 45 heavy (non-hydrogen) atoms. The fourth-order valence-electron chi connectivity index (χ4n) is 5.60. The molecule has 1 unspecified atom stereocenters. The van der Waals surface area contributed by atoms with Gasteiger partial charge in [0, 0.05) is 16.0 Å². The predicted octanol–water partition coefficient (Wildman–Crippen LogP) is 8.47. The Hall–Kier alpha value is -4.20. The van der Waals surface area contributed by atoms with Gasteiger partial charge in [-0.05, 0) is 78.2 Å². The first-order valence-electron chi connectivity index (χ1n) is 15.1. The van der Waals surface area contributed by atoms with Crippen LogP contribution in [0.1, 0.15) is 25.8 Å². The summed E-state index contributed by atoms with van der Waals surface area (Å²) in [6.07, 6.45) is 6.56. The fraction of sp³-hybridized carbons (Fsp3) is 0.128. The van der Waals surface area contributed by atoms with Gasteiger partial charge in [0.15, 0.2) is 0 Å². The van der Waals surface area contributed by atoms with Crippen molar-refractivity contribution in [1.82, 2.24) is 0 Å². The topological polar surface area (TPSA) is 52.6 Å². The van der Waals surface area contributed by atoms with Gasteiger partial charge >= 0.3 is 7.37 Å². The Labute approximate surface area is 266 Å². The van der Waals surface area contributed by atoms with Crippen LogP contribution in [0, 0.1) is 0 Å². The van der Waals surface area contributed by atoms with Crippen molar-refractivity contribution in [3.05, 3.63) is 175 Å². The summed E-state index contributed by atoms with van der Waals surface area (Å²) in [5, 5.41) is 2.68. The summed E-state index contributed by atoms with van der Waals surface area (Å²) in [7, 11) is -6.65. The summed E-state index contributed by atoms with van der Waals surface area (Å²) < 4.78 is 41.5. The average molecular weight is 631 g/mol. The van der Waals surface area contributed by atoms with E-state index < -0.39 is 14.7 Å². The van der Waals surface area contributed by atoms with Crippen LogP contribution >= 0.6 is 14.7 Å². The molecule has 0 aromatic heterocycles. The third-order valence-corrected chi connectivity index (χ3v) is 13.2. The second-order valence-corrected chi connectivity index (χ2v) is 16.2. The molecule has 0 saturated heterocycles. The summed E-state index contributed by atoms with van der Waals surface area (Å²) in [6, 6.07) is 45.5. The molecule has 1 aliphatic rings. The minimum atomic E-state index is -3.36. The van der Waals surface area contributed by atoms with Gasteiger partial charge in [-0.15, -0.1) is 0 Å². The Bertz CT molecular complexity index is 1800. The van der Waals surface area contributed by atoms with E-state index in [4.69, 9.17) is 9.05 Å². The lowest BCUT2D eigenvalue weighted by Crippen LogP contribution is -2.25. The van der Waals surface area contributed by atoms with Crippen molar-refractivity contribution in [2.24, 2.45) is 0 Å². The van der Waals surface area contributed by atoms with Crippen molar-refractivity contribution in [1.29, 1.82) is 0 Å². The zero-order valence-corrected chi connectivity index (χ0v) is 27.2. The van der Waals surface area contributed by atoms with E-state index in [1.807, 2.05) is 152 Å². The van der Waals surface area contributed by atoms with Crippen LogP contribution in [-0.4, -0.2) is 6.10 Å². The normalized spacial score (nSPS) is 15.3. The average Bonchev–Trinajstić information content (AvgIpc) is 3.10. The molecule has 0 saturated carbocycles. The molecule has 0 heterocycles. The Morgan fingerprint density at radius 1 is 0.578 bits per heavy atom. The van der Waals surface area contributed by atoms with Crippen molar-refractivity contribution in [2.45, 2.75) is 31.8 Å². The molecule has 0 bridgehead atoms.